The topological polar surface area (TPSA) is 4.93 Å². The minimum atomic E-state index is 1.07. The number of hydrogen-bond acceptors (Lipinski definition) is 0. The molecule has 0 bridgehead atoms. The number of hydrogen-bond donors (Lipinski definition) is 0. The van der Waals surface area contributed by atoms with Crippen LogP contribution in [0.25, 0.3) is 39.3 Å². The van der Waals surface area contributed by atoms with Gasteiger partial charge >= 0.3 is 0 Å². The van der Waals surface area contributed by atoms with Gasteiger partial charge in [0.15, 0.2) is 0 Å². The van der Waals surface area contributed by atoms with Crippen molar-refractivity contribution < 1.29 is 0 Å². The maximum absolute atomic E-state index is 3.58. The summed E-state index contributed by atoms with van der Waals surface area (Å²) in [6.07, 6.45) is 0. The van der Waals surface area contributed by atoms with Crippen molar-refractivity contribution in [1.29, 1.82) is 0 Å². The van der Waals surface area contributed by atoms with E-state index in [1.54, 1.807) is 0 Å². The van der Waals surface area contributed by atoms with Gasteiger partial charge in [-0.1, -0.05) is 107 Å². The molecule has 1 aromatic heterocycles. The zero-order valence-corrected chi connectivity index (χ0v) is 18.0. The summed E-state index contributed by atoms with van der Waals surface area (Å²) in [5.41, 5.74) is 8.34. The molecule has 144 valence electrons. The Morgan fingerprint density at radius 2 is 1.00 bits per heavy atom. The van der Waals surface area contributed by atoms with Crippen LogP contribution in [0, 0.1) is 0 Å². The first kappa shape index (κ1) is 18.7. The number of rotatable bonds is 4. The molecule has 4 aromatic carbocycles. The van der Waals surface area contributed by atoms with E-state index in [-0.39, 0.29) is 0 Å². The summed E-state index contributed by atoms with van der Waals surface area (Å²) in [5, 5.41) is 0. The van der Waals surface area contributed by atoms with Crippen LogP contribution in [0.4, 0.5) is 0 Å². The van der Waals surface area contributed by atoms with Crippen molar-refractivity contribution in [2.75, 3.05) is 0 Å². The zero-order valence-electron chi connectivity index (χ0n) is 16.4. The lowest BCUT2D eigenvalue weighted by molar-refractivity contribution is 1.09. The summed E-state index contributed by atoms with van der Waals surface area (Å²) in [6, 6.07) is 42.7. The minimum absolute atomic E-state index is 1.07. The lowest BCUT2D eigenvalue weighted by Gasteiger charge is -2.16. The first-order chi connectivity index (χ1) is 14.8. The molecule has 0 atom stereocenters. The van der Waals surface area contributed by atoms with Crippen molar-refractivity contribution in [3.63, 3.8) is 0 Å². The van der Waals surface area contributed by atoms with Crippen LogP contribution in [0.3, 0.4) is 0 Å². The van der Waals surface area contributed by atoms with Gasteiger partial charge in [-0.15, -0.1) is 0 Å². The molecule has 0 saturated carbocycles. The standard InChI is InChI=1S/C28H20BrN/c29-24-16-18-25(19-17-24)30-27(22-12-6-2-7-13-22)20-26(21-10-4-1-5-11-21)28(30)23-14-8-3-9-15-23/h1-20H. The Bertz CT molecular complexity index is 1260. The quantitative estimate of drug-likeness (QED) is 0.260. The van der Waals surface area contributed by atoms with Crippen LogP contribution in [0.1, 0.15) is 0 Å². The molecule has 0 saturated heterocycles. The molecule has 0 aliphatic carbocycles. The van der Waals surface area contributed by atoms with Crippen LogP contribution >= 0.6 is 15.9 Å². The molecule has 0 aliphatic heterocycles. The smallest absolute Gasteiger partial charge is 0.0613 e. The van der Waals surface area contributed by atoms with E-state index in [9.17, 15) is 0 Å². The van der Waals surface area contributed by atoms with Crippen LogP contribution in [-0.2, 0) is 0 Å². The Morgan fingerprint density at radius 1 is 0.500 bits per heavy atom. The molecule has 0 radical (unpaired) electrons. The van der Waals surface area contributed by atoms with Gasteiger partial charge in [-0.05, 0) is 47.0 Å². The molecule has 0 N–H and O–H groups in total. The van der Waals surface area contributed by atoms with E-state index in [0.717, 1.165) is 10.2 Å². The Kier molecular flexibility index (Phi) is 5.08. The van der Waals surface area contributed by atoms with E-state index in [1.165, 1.54) is 33.6 Å². The Morgan fingerprint density at radius 3 is 1.57 bits per heavy atom. The van der Waals surface area contributed by atoms with Crippen molar-refractivity contribution in [3.05, 3.63) is 126 Å². The molecular weight excluding hydrogens is 430 g/mol. The lowest BCUT2D eigenvalue weighted by Crippen LogP contribution is -2.00. The third-order valence-corrected chi connectivity index (χ3v) is 5.82. The van der Waals surface area contributed by atoms with Gasteiger partial charge in [-0.3, -0.25) is 0 Å². The van der Waals surface area contributed by atoms with Crippen LogP contribution in [0.5, 0.6) is 0 Å². The molecule has 5 aromatic rings. The highest BCUT2D eigenvalue weighted by atomic mass is 79.9. The number of nitrogens with zero attached hydrogens (tertiary/aromatic N) is 1. The Labute approximate surface area is 185 Å². The summed E-state index contributed by atoms with van der Waals surface area (Å²) in [4.78, 5) is 0. The van der Waals surface area contributed by atoms with Gasteiger partial charge < -0.3 is 4.57 Å². The highest BCUT2D eigenvalue weighted by Gasteiger charge is 2.20. The summed E-state index contributed by atoms with van der Waals surface area (Å²) >= 11 is 3.58. The summed E-state index contributed by atoms with van der Waals surface area (Å²) in [5.74, 6) is 0. The second-order valence-electron chi connectivity index (χ2n) is 7.20. The van der Waals surface area contributed by atoms with Crippen molar-refractivity contribution in [2.24, 2.45) is 0 Å². The van der Waals surface area contributed by atoms with Crippen molar-refractivity contribution in [2.45, 2.75) is 0 Å². The van der Waals surface area contributed by atoms with E-state index < -0.39 is 0 Å². The van der Waals surface area contributed by atoms with Crippen LogP contribution in [0.2, 0.25) is 0 Å². The first-order valence-electron chi connectivity index (χ1n) is 9.99. The SMILES string of the molecule is Brc1ccc(-n2c(-c3ccccc3)cc(-c3ccccc3)c2-c2ccccc2)cc1. The van der Waals surface area contributed by atoms with Gasteiger partial charge in [0.25, 0.3) is 0 Å². The predicted molar refractivity (Wildman–Crippen MR) is 130 cm³/mol. The molecule has 0 aliphatic rings. The van der Waals surface area contributed by atoms with Gasteiger partial charge in [-0.2, -0.15) is 0 Å². The van der Waals surface area contributed by atoms with E-state index in [0.29, 0.717) is 0 Å². The minimum Gasteiger partial charge on any atom is -0.309 e. The van der Waals surface area contributed by atoms with E-state index in [2.05, 4.69) is 142 Å². The average molecular weight is 450 g/mol. The fourth-order valence-electron chi connectivity index (χ4n) is 3.91. The normalized spacial score (nSPS) is 10.8. The zero-order chi connectivity index (χ0) is 20.3. The largest absolute Gasteiger partial charge is 0.309 e. The molecule has 0 amide bonds. The van der Waals surface area contributed by atoms with Crippen LogP contribution in [0.15, 0.2) is 126 Å². The molecule has 0 spiro atoms. The predicted octanol–water partition coefficient (Wildman–Crippen LogP) is 8.24. The average Bonchev–Trinajstić information content (AvgIpc) is 3.22. The molecule has 5 rings (SSSR count). The summed E-state index contributed by atoms with van der Waals surface area (Å²) < 4.78 is 3.45. The summed E-state index contributed by atoms with van der Waals surface area (Å²) in [7, 11) is 0. The monoisotopic (exact) mass is 449 g/mol. The fourth-order valence-corrected chi connectivity index (χ4v) is 4.17. The summed E-state index contributed by atoms with van der Waals surface area (Å²) in [6.45, 7) is 0. The number of benzene rings is 4. The molecule has 0 fully saturated rings. The third-order valence-electron chi connectivity index (χ3n) is 5.29. The molecule has 0 unspecified atom stereocenters. The molecular formula is C28H20BrN. The Hall–Kier alpha value is -3.36. The van der Waals surface area contributed by atoms with E-state index in [4.69, 9.17) is 0 Å². The van der Waals surface area contributed by atoms with E-state index in [1.807, 2.05) is 0 Å². The van der Waals surface area contributed by atoms with Crippen molar-refractivity contribution in [1.82, 2.24) is 4.57 Å². The van der Waals surface area contributed by atoms with Crippen molar-refractivity contribution >= 4 is 15.9 Å². The number of halogens is 1. The van der Waals surface area contributed by atoms with Gasteiger partial charge in [0.05, 0.1) is 11.4 Å². The first-order valence-corrected chi connectivity index (χ1v) is 10.8. The maximum Gasteiger partial charge on any atom is 0.0613 e. The maximum atomic E-state index is 3.58. The molecule has 2 heteroatoms. The van der Waals surface area contributed by atoms with Gasteiger partial charge in [0, 0.05) is 15.7 Å². The Balaban J connectivity index is 1.88. The van der Waals surface area contributed by atoms with Gasteiger partial charge in [0.1, 0.15) is 0 Å². The number of aromatic nitrogens is 1. The molecule has 1 heterocycles. The van der Waals surface area contributed by atoms with Gasteiger partial charge in [0.2, 0.25) is 0 Å². The lowest BCUT2D eigenvalue weighted by atomic mass is 10.0. The molecule has 30 heavy (non-hydrogen) atoms. The van der Waals surface area contributed by atoms with Crippen molar-refractivity contribution in [3.8, 4) is 39.3 Å². The third kappa shape index (κ3) is 3.51. The van der Waals surface area contributed by atoms with Crippen LogP contribution in [-0.4, -0.2) is 4.57 Å². The molecule has 1 nitrogen and oxygen atoms in total. The highest BCUT2D eigenvalue weighted by Crippen LogP contribution is 2.41. The van der Waals surface area contributed by atoms with Gasteiger partial charge in [-0.25, -0.2) is 0 Å². The second-order valence-corrected chi connectivity index (χ2v) is 8.12. The van der Waals surface area contributed by atoms with E-state index >= 15 is 0 Å². The fraction of sp³-hybridized carbons (Fsp3) is 0. The van der Waals surface area contributed by atoms with Crippen LogP contribution < -0.4 is 0 Å². The highest BCUT2D eigenvalue weighted by molar-refractivity contribution is 9.10. The second kappa shape index (κ2) is 8.17.